The Kier molecular flexibility index (Phi) is 5.14. The SMILES string of the molecule is Cc1ccc(-c2nnc(SCC(=O)Nc3cc(C)ccc3F)[nH]2)cc1. The van der Waals surface area contributed by atoms with Crippen molar-refractivity contribution in [1.82, 2.24) is 15.2 Å². The van der Waals surface area contributed by atoms with Crippen LogP contribution in [-0.2, 0) is 4.79 Å². The first-order chi connectivity index (χ1) is 12.0. The lowest BCUT2D eigenvalue weighted by Crippen LogP contribution is -2.15. The Morgan fingerprint density at radius 2 is 1.84 bits per heavy atom. The minimum absolute atomic E-state index is 0.107. The summed E-state index contributed by atoms with van der Waals surface area (Å²) in [5.74, 6) is -0.00341. The third kappa shape index (κ3) is 4.45. The highest BCUT2D eigenvalue weighted by atomic mass is 32.2. The van der Waals surface area contributed by atoms with Gasteiger partial charge in [0.2, 0.25) is 5.91 Å². The Bertz CT molecular complexity index is 892. The fourth-order valence-electron chi connectivity index (χ4n) is 2.21. The van der Waals surface area contributed by atoms with Crippen molar-refractivity contribution in [2.75, 3.05) is 11.1 Å². The molecule has 0 atom stereocenters. The molecule has 0 bridgehead atoms. The molecular formula is C18H17FN4OS. The summed E-state index contributed by atoms with van der Waals surface area (Å²) < 4.78 is 13.7. The molecule has 0 saturated carbocycles. The fraction of sp³-hybridized carbons (Fsp3) is 0.167. The highest BCUT2D eigenvalue weighted by Crippen LogP contribution is 2.20. The van der Waals surface area contributed by atoms with E-state index in [4.69, 9.17) is 0 Å². The van der Waals surface area contributed by atoms with E-state index in [9.17, 15) is 9.18 Å². The van der Waals surface area contributed by atoms with Gasteiger partial charge >= 0.3 is 0 Å². The molecule has 5 nitrogen and oxygen atoms in total. The maximum absolute atomic E-state index is 13.7. The van der Waals surface area contributed by atoms with Gasteiger partial charge in [-0.1, -0.05) is 47.7 Å². The molecule has 3 aromatic rings. The van der Waals surface area contributed by atoms with E-state index < -0.39 is 5.82 Å². The third-order valence-corrected chi connectivity index (χ3v) is 4.39. The summed E-state index contributed by atoms with van der Waals surface area (Å²) >= 11 is 1.21. The Balaban J connectivity index is 1.59. The Labute approximate surface area is 149 Å². The zero-order valence-corrected chi connectivity index (χ0v) is 14.7. The van der Waals surface area contributed by atoms with E-state index in [1.165, 1.54) is 17.8 Å². The van der Waals surface area contributed by atoms with Crippen molar-refractivity contribution >= 4 is 23.4 Å². The normalized spacial score (nSPS) is 10.7. The molecule has 0 saturated heterocycles. The molecule has 0 aliphatic carbocycles. The molecular weight excluding hydrogens is 339 g/mol. The quantitative estimate of drug-likeness (QED) is 0.679. The van der Waals surface area contributed by atoms with Crippen molar-refractivity contribution in [3.8, 4) is 11.4 Å². The number of nitrogens with one attached hydrogen (secondary N) is 2. The second-order valence-corrected chi connectivity index (χ2v) is 6.63. The minimum Gasteiger partial charge on any atom is -0.323 e. The number of aromatic nitrogens is 3. The second-order valence-electron chi connectivity index (χ2n) is 5.66. The smallest absolute Gasteiger partial charge is 0.234 e. The number of amides is 1. The topological polar surface area (TPSA) is 70.7 Å². The second kappa shape index (κ2) is 7.48. The molecule has 0 radical (unpaired) electrons. The van der Waals surface area contributed by atoms with Crippen molar-refractivity contribution in [2.45, 2.75) is 19.0 Å². The lowest BCUT2D eigenvalue weighted by molar-refractivity contribution is -0.113. The largest absolute Gasteiger partial charge is 0.323 e. The number of hydrogen-bond donors (Lipinski definition) is 2. The van der Waals surface area contributed by atoms with Crippen molar-refractivity contribution in [3.63, 3.8) is 0 Å². The maximum Gasteiger partial charge on any atom is 0.234 e. The molecule has 0 aliphatic rings. The lowest BCUT2D eigenvalue weighted by atomic mass is 10.1. The van der Waals surface area contributed by atoms with Crippen LogP contribution in [0.1, 0.15) is 11.1 Å². The predicted molar refractivity (Wildman–Crippen MR) is 97.0 cm³/mol. The minimum atomic E-state index is -0.453. The average molecular weight is 356 g/mol. The van der Waals surface area contributed by atoms with Crippen LogP contribution in [0.3, 0.4) is 0 Å². The van der Waals surface area contributed by atoms with Gasteiger partial charge in [0.25, 0.3) is 0 Å². The zero-order valence-electron chi connectivity index (χ0n) is 13.8. The summed E-state index contributed by atoms with van der Waals surface area (Å²) in [6.45, 7) is 3.85. The summed E-state index contributed by atoms with van der Waals surface area (Å²) in [5, 5.41) is 11.2. The van der Waals surface area contributed by atoms with Gasteiger partial charge < -0.3 is 10.3 Å². The number of carbonyl (C=O) groups excluding carboxylic acids is 1. The van der Waals surface area contributed by atoms with Crippen molar-refractivity contribution in [2.24, 2.45) is 0 Å². The Morgan fingerprint density at radius 3 is 2.60 bits per heavy atom. The van der Waals surface area contributed by atoms with Crippen LogP contribution in [0.25, 0.3) is 11.4 Å². The standard InChI is InChI=1S/C18H17FN4OS/c1-11-3-6-13(7-4-11)17-21-18(23-22-17)25-10-16(24)20-15-9-12(2)5-8-14(15)19/h3-9H,10H2,1-2H3,(H,20,24)(H,21,22,23). The van der Waals surface area contributed by atoms with Crippen LogP contribution in [-0.4, -0.2) is 26.8 Å². The summed E-state index contributed by atoms with van der Waals surface area (Å²) in [4.78, 5) is 15.1. The molecule has 2 N–H and O–H groups in total. The lowest BCUT2D eigenvalue weighted by Gasteiger charge is -2.06. The molecule has 1 aromatic heterocycles. The van der Waals surface area contributed by atoms with Gasteiger partial charge in [-0.05, 0) is 31.5 Å². The summed E-state index contributed by atoms with van der Waals surface area (Å²) in [5.41, 5.74) is 3.15. The number of H-pyrrole nitrogens is 1. The maximum atomic E-state index is 13.7. The molecule has 0 fully saturated rings. The van der Waals surface area contributed by atoms with E-state index in [0.29, 0.717) is 11.0 Å². The summed E-state index contributed by atoms with van der Waals surface area (Å²) in [7, 11) is 0. The summed E-state index contributed by atoms with van der Waals surface area (Å²) in [6, 6.07) is 12.5. The van der Waals surface area contributed by atoms with Gasteiger partial charge in [0.05, 0.1) is 11.4 Å². The molecule has 2 aromatic carbocycles. The van der Waals surface area contributed by atoms with E-state index in [-0.39, 0.29) is 17.3 Å². The molecule has 0 aliphatic heterocycles. The van der Waals surface area contributed by atoms with Crippen LogP contribution in [0.5, 0.6) is 0 Å². The van der Waals surface area contributed by atoms with Gasteiger partial charge in [0.1, 0.15) is 5.82 Å². The van der Waals surface area contributed by atoms with Crippen LogP contribution in [0.4, 0.5) is 10.1 Å². The number of aromatic amines is 1. The average Bonchev–Trinajstić information content (AvgIpc) is 3.06. The Hall–Kier alpha value is -2.67. The molecule has 7 heteroatoms. The number of carbonyl (C=O) groups is 1. The first-order valence-electron chi connectivity index (χ1n) is 7.70. The molecule has 3 rings (SSSR count). The van der Waals surface area contributed by atoms with Crippen molar-refractivity contribution in [1.29, 1.82) is 0 Å². The van der Waals surface area contributed by atoms with Crippen LogP contribution in [0, 0.1) is 19.7 Å². The monoisotopic (exact) mass is 356 g/mol. The molecule has 1 heterocycles. The van der Waals surface area contributed by atoms with E-state index in [1.807, 2.05) is 38.1 Å². The number of benzene rings is 2. The van der Waals surface area contributed by atoms with Gasteiger partial charge in [-0.15, -0.1) is 10.2 Å². The van der Waals surface area contributed by atoms with Gasteiger partial charge in [0, 0.05) is 5.56 Å². The molecule has 0 spiro atoms. The Morgan fingerprint density at radius 1 is 1.12 bits per heavy atom. The highest BCUT2D eigenvalue weighted by molar-refractivity contribution is 7.99. The first kappa shape index (κ1) is 17.2. The van der Waals surface area contributed by atoms with E-state index in [0.717, 1.165) is 16.7 Å². The third-order valence-electron chi connectivity index (χ3n) is 3.53. The van der Waals surface area contributed by atoms with E-state index in [2.05, 4.69) is 20.5 Å². The van der Waals surface area contributed by atoms with Gasteiger partial charge in [0.15, 0.2) is 11.0 Å². The highest BCUT2D eigenvalue weighted by Gasteiger charge is 2.11. The van der Waals surface area contributed by atoms with Crippen LogP contribution in [0.15, 0.2) is 47.6 Å². The number of aryl methyl sites for hydroxylation is 2. The first-order valence-corrected chi connectivity index (χ1v) is 8.68. The fourth-order valence-corrected chi connectivity index (χ4v) is 2.82. The molecule has 1 amide bonds. The summed E-state index contributed by atoms with van der Waals surface area (Å²) in [6.07, 6.45) is 0. The number of halogens is 1. The van der Waals surface area contributed by atoms with Crippen LogP contribution in [0.2, 0.25) is 0 Å². The number of hydrogen-bond acceptors (Lipinski definition) is 4. The molecule has 0 unspecified atom stereocenters. The van der Waals surface area contributed by atoms with Gasteiger partial charge in [-0.2, -0.15) is 0 Å². The number of anilines is 1. The number of rotatable bonds is 5. The van der Waals surface area contributed by atoms with E-state index >= 15 is 0 Å². The van der Waals surface area contributed by atoms with Gasteiger partial charge in [-0.25, -0.2) is 4.39 Å². The van der Waals surface area contributed by atoms with Crippen molar-refractivity contribution in [3.05, 3.63) is 59.4 Å². The molecule has 128 valence electrons. The molecule has 25 heavy (non-hydrogen) atoms. The number of nitrogens with zero attached hydrogens (tertiary/aromatic N) is 2. The van der Waals surface area contributed by atoms with Crippen LogP contribution >= 0.6 is 11.8 Å². The van der Waals surface area contributed by atoms with Gasteiger partial charge in [-0.3, -0.25) is 4.79 Å². The van der Waals surface area contributed by atoms with Crippen LogP contribution < -0.4 is 5.32 Å². The zero-order chi connectivity index (χ0) is 17.8. The predicted octanol–water partition coefficient (Wildman–Crippen LogP) is 3.96. The van der Waals surface area contributed by atoms with E-state index in [1.54, 1.807) is 12.1 Å². The van der Waals surface area contributed by atoms with Crippen molar-refractivity contribution < 1.29 is 9.18 Å². The number of thioether (sulfide) groups is 1.